The van der Waals surface area contributed by atoms with E-state index in [1.807, 2.05) is 6.07 Å². The van der Waals surface area contributed by atoms with E-state index in [4.69, 9.17) is 0 Å². The van der Waals surface area contributed by atoms with Crippen LogP contribution in [-0.4, -0.2) is 12.3 Å². The first-order valence-electron chi connectivity index (χ1n) is 5.09. The first kappa shape index (κ1) is 9.25. The highest BCUT2D eigenvalue weighted by Crippen LogP contribution is 2.26. The van der Waals surface area contributed by atoms with Gasteiger partial charge in [0.05, 0.1) is 0 Å². The fourth-order valence-electron chi connectivity index (χ4n) is 1.76. The summed E-state index contributed by atoms with van der Waals surface area (Å²) in [5, 5.41) is 3.27. The number of hydrogen-bond acceptors (Lipinski definition) is 2. The molecular weight excluding hydrogens is 174 g/mol. The van der Waals surface area contributed by atoms with Gasteiger partial charge in [0, 0.05) is 24.2 Å². The van der Waals surface area contributed by atoms with Gasteiger partial charge in [0.2, 0.25) is 0 Å². The lowest BCUT2D eigenvalue weighted by Gasteiger charge is -2.18. The molecule has 0 saturated heterocycles. The van der Waals surface area contributed by atoms with Crippen LogP contribution in [0.25, 0.3) is 0 Å². The number of fused-ring (bicyclic) bond motifs is 1. The predicted molar refractivity (Wildman–Crippen MR) is 58.0 cm³/mol. The third-order valence-electron chi connectivity index (χ3n) is 2.68. The van der Waals surface area contributed by atoms with E-state index in [-0.39, 0.29) is 5.78 Å². The van der Waals surface area contributed by atoms with E-state index in [0.717, 1.165) is 17.8 Å². The summed E-state index contributed by atoms with van der Waals surface area (Å²) in [4.78, 5) is 11.5. The summed E-state index contributed by atoms with van der Waals surface area (Å²) in [5.74, 6) is 0.771. The highest BCUT2D eigenvalue weighted by Gasteiger charge is 2.16. The fourth-order valence-corrected chi connectivity index (χ4v) is 1.76. The lowest BCUT2D eigenvalue weighted by Crippen LogP contribution is -2.18. The molecule has 1 aliphatic rings. The third-order valence-corrected chi connectivity index (χ3v) is 2.68. The molecule has 0 aliphatic carbocycles. The molecule has 2 rings (SSSR count). The van der Waals surface area contributed by atoms with Crippen LogP contribution in [0.3, 0.4) is 0 Å². The van der Waals surface area contributed by atoms with Crippen LogP contribution in [-0.2, 0) is 0 Å². The molecule has 1 aromatic carbocycles. The second-order valence-electron chi connectivity index (χ2n) is 4.06. The maximum absolute atomic E-state index is 11.5. The third kappa shape index (κ3) is 1.52. The van der Waals surface area contributed by atoms with Gasteiger partial charge >= 0.3 is 0 Å². The van der Waals surface area contributed by atoms with Crippen LogP contribution in [0.2, 0.25) is 0 Å². The Bertz CT molecular complexity index is 369. The van der Waals surface area contributed by atoms with Crippen LogP contribution in [0.5, 0.6) is 0 Å². The zero-order valence-electron chi connectivity index (χ0n) is 8.63. The summed E-state index contributed by atoms with van der Waals surface area (Å²) in [6.07, 6.45) is 0.619. The standard InChI is InChI=1S/C12H15NO/c1-8(2)9-3-4-10-11(7-9)13-6-5-12(10)14/h3-4,7-8,13H,5-6H2,1-2H3. The molecule has 0 atom stereocenters. The molecule has 14 heavy (non-hydrogen) atoms. The maximum Gasteiger partial charge on any atom is 0.166 e. The zero-order valence-corrected chi connectivity index (χ0v) is 8.63. The topological polar surface area (TPSA) is 29.1 Å². The van der Waals surface area contributed by atoms with Crippen LogP contribution in [0.15, 0.2) is 18.2 Å². The SMILES string of the molecule is CC(C)c1ccc2c(c1)NCCC2=O. The highest BCUT2D eigenvalue weighted by molar-refractivity contribution is 6.03. The van der Waals surface area contributed by atoms with Gasteiger partial charge in [-0.1, -0.05) is 19.9 Å². The zero-order chi connectivity index (χ0) is 10.1. The molecule has 2 nitrogen and oxygen atoms in total. The number of benzene rings is 1. The Labute approximate surface area is 84.3 Å². The Kier molecular flexibility index (Phi) is 2.28. The average molecular weight is 189 g/mol. The molecule has 0 saturated carbocycles. The van der Waals surface area contributed by atoms with E-state index in [1.54, 1.807) is 0 Å². The number of nitrogens with one attached hydrogen (secondary N) is 1. The number of anilines is 1. The van der Waals surface area contributed by atoms with Crippen LogP contribution < -0.4 is 5.32 Å². The van der Waals surface area contributed by atoms with E-state index in [2.05, 4.69) is 31.3 Å². The van der Waals surface area contributed by atoms with Crippen molar-refractivity contribution in [1.82, 2.24) is 0 Å². The van der Waals surface area contributed by atoms with E-state index in [9.17, 15) is 4.79 Å². The Hall–Kier alpha value is -1.31. The van der Waals surface area contributed by atoms with Crippen LogP contribution in [0.1, 0.15) is 42.1 Å². The summed E-state index contributed by atoms with van der Waals surface area (Å²) in [7, 11) is 0. The molecule has 1 aromatic rings. The lowest BCUT2D eigenvalue weighted by molar-refractivity contribution is 0.0983. The van der Waals surface area contributed by atoms with Crippen molar-refractivity contribution >= 4 is 11.5 Å². The number of carbonyl (C=O) groups excluding carboxylic acids is 1. The Morgan fingerprint density at radius 1 is 1.36 bits per heavy atom. The number of ketones is 1. The first-order valence-corrected chi connectivity index (χ1v) is 5.09. The van der Waals surface area contributed by atoms with Crippen LogP contribution in [0, 0.1) is 0 Å². The normalized spacial score (nSPS) is 15.2. The largest absolute Gasteiger partial charge is 0.384 e. The summed E-state index contributed by atoms with van der Waals surface area (Å²) in [6.45, 7) is 5.09. The monoisotopic (exact) mass is 189 g/mol. The molecule has 1 heterocycles. The van der Waals surface area contributed by atoms with Gasteiger partial charge in [-0.3, -0.25) is 4.79 Å². The summed E-state index contributed by atoms with van der Waals surface area (Å²) >= 11 is 0. The van der Waals surface area contributed by atoms with Crippen LogP contribution in [0.4, 0.5) is 5.69 Å². The molecule has 1 N–H and O–H groups in total. The molecule has 2 heteroatoms. The van der Waals surface area contributed by atoms with Crippen LogP contribution >= 0.6 is 0 Å². The molecule has 74 valence electrons. The van der Waals surface area contributed by atoms with E-state index in [1.165, 1.54) is 5.56 Å². The Morgan fingerprint density at radius 2 is 2.14 bits per heavy atom. The van der Waals surface area contributed by atoms with Crippen molar-refractivity contribution in [3.05, 3.63) is 29.3 Å². The molecule has 0 spiro atoms. The molecule has 0 amide bonds. The Morgan fingerprint density at radius 3 is 2.86 bits per heavy atom. The van der Waals surface area contributed by atoms with Gasteiger partial charge in [-0.2, -0.15) is 0 Å². The summed E-state index contributed by atoms with van der Waals surface area (Å²) < 4.78 is 0. The molecule has 0 radical (unpaired) electrons. The van der Waals surface area contributed by atoms with Gasteiger partial charge in [0.1, 0.15) is 0 Å². The number of Topliss-reactive ketones (excluding diaryl/α,β-unsaturated/α-hetero) is 1. The van der Waals surface area contributed by atoms with E-state index >= 15 is 0 Å². The Balaban J connectivity index is 2.44. The molecule has 0 bridgehead atoms. The van der Waals surface area contributed by atoms with Crippen molar-refractivity contribution in [2.24, 2.45) is 0 Å². The molecular formula is C12H15NO. The fraction of sp³-hybridized carbons (Fsp3) is 0.417. The van der Waals surface area contributed by atoms with Gasteiger partial charge < -0.3 is 5.32 Å². The molecule has 1 aliphatic heterocycles. The van der Waals surface area contributed by atoms with Gasteiger partial charge in [0.15, 0.2) is 5.78 Å². The smallest absolute Gasteiger partial charge is 0.166 e. The minimum atomic E-state index is 0.258. The van der Waals surface area contributed by atoms with E-state index in [0.29, 0.717) is 12.3 Å². The van der Waals surface area contributed by atoms with Crippen molar-refractivity contribution in [3.8, 4) is 0 Å². The van der Waals surface area contributed by atoms with Gasteiger partial charge in [0.25, 0.3) is 0 Å². The minimum Gasteiger partial charge on any atom is -0.384 e. The van der Waals surface area contributed by atoms with Crippen molar-refractivity contribution in [1.29, 1.82) is 0 Å². The quantitative estimate of drug-likeness (QED) is 0.736. The predicted octanol–water partition coefficient (Wildman–Crippen LogP) is 2.81. The summed E-state index contributed by atoms with van der Waals surface area (Å²) in [5.41, 5.74) is 3.14. The molecule has 0 unspecified atom stereocenters. The van der Waals surface area contributed by atoms with Crippen molar-refractivity contribution in [2.75, 3.05) is 11.9 Å². The van der Waals surface area contributed by atoms with Gasteiger partial charge in [-0.15, -0.1) is 0 Å². The van der Waals surface area contributed by atoms with Gasteiger partial charge in [-0.05, 0) is 23.6 Å². The van der Waals surface area contributed by atoms with Crippen molar-refractivity contribution in [3.63, 3.8) is 0 Å². The maximum atomic E-state index is 11.5. The highest BCUT2D eigenvalue weighted by atomic mass is 16.1. The average Bonchev–Trinajstić information content (AvgIpc) is 2.17. The second-order valence-corrected chi connectivity index (χ2v) is 4.06. The number of hydrogen-bond donors (Lipinski definition) is 1. The second kappa shape index (κ2) is 3.45. The van der Waals surface area contributed by atoms with Crippen molar-refractivity contribution < 1.29 is 4.79 Å². The number of rotatable bonds is 1. The van der Waals surface area contributed by atoms with Crippen molar-refractivity contribution in [2.45, 2.75) is 26.2 Å². The lowest BCUT2D eigenvalue weighted by atomic mass is 9.96. The van der Waals surface area contributed by atoms with Gasteiger partial charge in [-0.25, -0.2) is 0 Å². The van der Waals surface area contributed by atoms with E-state index < -0.39 is 0 Å². The number of carbonyl (C=O) groups is 1. The summed E-state index contributed by atoms with van der Waals surface area (Å²) in [6, 6.07) is 6.09. The molecule has 0 aromatic heterocycles. The minimum absolute atomic E-state index is 0.258. The first-order chi connectivity index (χ1) is 6.68. The molecule has 0 fully saturated rings.